The summed E-state index contributed by atoms with van der Waals surface area (Å²) in [5.41, 5.74) is 4.02. The van der Waals surface area contributed by atoms with Crippen molar-refractivity contribution in [3.63, 3.8) is 0 Å². The van der Waals surface area contributed by atoms with Gasteiger partial charge in [-0.25, -0.2) is 4.98 Å². The van der Waals surface area contributed by atoms with Crippen LogP contribution in [0.3, 0.4) is 0 Å². The molecule has 1 N–H and O–H groups in total. The average molecular weight is 337 g/mol. The molecule has 7 heteroatoms. The molecule has 1 aliphatic heterocycles. The van der Waals surface area contributed by atoms with Gasteiger partial charge in [-0.3, -0.25) is 14.6 Å². The Morgan fingerprint density at radius 3 is 3.00 bits per heavy atom. The fraction of sp³-hybridized carbons (Fsp3) is 0.444. The van der Waals surface area contributed by atoms with Crippen molar-refractivity contribution >= 4 is 0 Å². The number of pyridine rings is 1. The summed E-state index contributed by atoms with van der Waals surface area (Å²) in [5.74, 6) is 0.589. The van der Waals surface area contributed by atoms with E-state index < -0.39 is 0 Å². The first kappa shape index (κ1) is 16.0. The number of aromatic nitrogens is 6. The van der Waals surface area contributed by atoms with Crippen molar-refractivity contribution in [2.24, 2.45) is 5.92 Å². The molecular weight excluding hydrogens is 314 g/mol. The molecule has 0 amide bonds. The Labute approximate surface area is 147 Å². The minimum Gasteiger partial charge on any atom is -0.348 e. The van der Waals surface area contributed by atoms with E-state index in [2.05, 4.69) is 37.1 Å². The first-order valence-corrected chi connectivity index (χ1v) is 8.80. The van der Waals surface area contributed by atoms with Crippen LogP contribution >= 0.6 is 0 Å². The van der Waals surface area contributed by atoms with E-state index in [0.717, 1.165) is 43.3 Å². The van der Waals surface area contributed by atoms with Crippen molar-refractivity contribution in [1.29, 1.82) is 0 Å². The number of hydrogen-bond acceptors (Lipinski definition) is 5. The second-order valence-electron chi connectivity index (χ2n) is 6.76. The molecule has 25 heavy (non-hydrogen) atoms. The lowest BCUT2D eigenvalue weighted by molar-refractivity contribution is 0.151. The van der Waals surface area contributed by atoms with Crippen molar-refractivity contribution in [3.8, 4) is 11.4 Å². The summed E-state index contributed by atoms with van der Waals surface area (Å²) in [6.45, 7) is 6.11. The van der Waals surface area contributed by atoms with Crippen LogP contribution in [0, 0.1) is 12.8 Å². The third kappa shape index (κ3) is 3.76. The van der Waals surface area contributed by atoms with Gasteiger partial charge >= 0.3 is 0 Å². The Bertz CT molecular complexity index is 808. The van der Waals surface area contributed by atoms with E-state index in [1.165, 1.54) is 18.5 Å². The number of aryl methyl sites for hydroxylation is 1. The Hall–Kier alpha value is -2.54. The maximum Gasteiger partial charge on any atom is 0.131 e. The molecule has 4 rings (SSSR count). The van der Waals surface area contributed by atoms with Crippen LogP contribution in [-0.4, -0.2) is 47.9 Å². The molecule has 0 spiro atoms. The Kier molecular flexibility index (Phi) is 4.56. The standard InChI is InChI=1S/C18H23N7/c1-14-17(21-13-20-14)11-24-8-4-5-15(9-24)10-25-12-18(22-23-25)16-6-2-3-7-19-16/h2-3,6-7,12-13,15H,4-5,8-11H2,1H3,(H,20,21). The maximum atomic E-state index is 4.42. The third-order valence-corrected chi connectivity index (χ3v) is 4.82. The number of imidazole rings is 1. The van der Waals surface area contributed by atoms with Gasteiger partial charge in [0.25, 0.3) is 0 Å². The van der Waals surface area contributed by atoms with Crippen molar-refractivity contribution in [1.82, 2.24) is 34.8 Å². The lowest BCUT2D eigenvalue weighted by Gasteiger charge is -2.32. The van der Waals surface area contributed by atoms with Crippen LogP contribution in [-0.2, 0) is 13.1 Å². The molecule has 0 radical (unpaired) electrons. The Morgan fingerprint density at radius 2 is 2.20 bits per heavy atom. The van der Waals surface area contributed by atoms with Gasteiger partial charge in [-0.1, -0.05) is 11.3 Å². The fourth-order valence-corrected chi connectivity index (χ4v) is 3.49. The monoisotopic (exact) mass is 337 g/mol. The number of likely N-dealkylation sites (tertiary alicyclic amines) is 1. The van der Waals surface area contributed by atoms with Gasteiger partial charge in [0.2, 0.25) is 0 Å². The zero-order chi connectivity index (χ0) is 17.1. The van der Waals surface area contributed by atoms with Crippen molar-refractivity contribution in [3.05, 3.63) is 48.3 Å². The lowest BCUT2D eigenvalue weighted by atomic mass is 9.98. The molecule has 1 fully saturated rings. The lowest BCUT2D eigenvalue weighted by Crippen LogP contribution is -2.36. The van der Waals surface area contributed by atoms with Crippen LogP contribution < -0.4 is 0 Å². The van der Waals surface area contributed by atoms with E-state index in [0.29, 0.717) is 5.92 Å². The smallest absolute Gasteiger partial charge is 0.131 e. The molecule has 7 nitrogen and oxygen atoms in total. The molecule has 0 aromatic carbocycles. The molecule has 130 valence electrons. The summed E-state index contributed by atoms with van der Waals surface area (Å²) in [6, 6.07) is 5.84. The summed E-state index contributed by atoms with van der Waals surface area (Å²) >= 11 is 0. The van der Waals surface area contributed by atoms with Gasteiger partial charge < -0.3 is 4.98 Å². The molecule has 4 heterocycles. The van der Waals surface area contributed by atoms with Gasteiger partial charge in [0, 0.05) is 31.5 Å². The zero-order valence-corrected chi connectivity index (χ0v) is 14.5. The first-order chi connectivity index (χ1) is 12.3. The van der Waals surface area contributed by atoms with Gasteiger partial charge in [-0.2, -0.15) is 0 Å². The predicted octanol–water partition coefficient (Wildman–Crippen LogP) is 2.28. The van der Waals surface area contributed by atoms with E-state index in [9.17, 15) is 0 Å². The molecule has 1 unspecified atom stereocenters. The number of nitrogens with zero attached hydrogens (tertiary/aromatic N) is 6. The number of aromatic amines is 1. The topological polar surface area (TPSA) is 75.5 Å². The first-order valence-electron chi connectivity index (χ1n) is 8.80. The molecular formula is C18H23N7. The number of H-pyrrole nitrogens is 1. The van der Waals surface area contributed by atoms with Crippen molar-refractivity contribution < 1.29 is 0 Å². The highest BCUT2D eigenvalue weighted by Crippen LogP contribution is 2.21. The molecule has 1 saturated heterocycles. The second kappa shape index (κ2) is 7.14. The number of hydrogen-bond donors (Lipinski definition) is 1. The predicted molar refractivity (Wildman–Crippen MR) is 94.6 cm³/mol. The van der Waals surface area contributed by atoms with E-state index in [1.54, 1.807) is 12.5 Å². The fourth-order valence-electron chi connectivity index (χ4n) is 3.49. The molecule has 3 aromatic rings. The summed E-state index contributed by atoms with van der Waals surface area (Å²) in [4.78, 5) is 14.4. The quantitative estimate of drug-likeness (QED) is 0.773. The van der Waals surface area contributed by atoms with E-state index in [4.69, 9.17) is 0 Å². The minimum absolute atomic E-state index is 0.589. The highest BCUT2D eigenvalue weighted by atomic mass is 15.4. The van der Waals surface area contributed by atoms with Crippen molar-refractivity contribution in [2.45, 2.75) is 32.9 Å². The van der Waals surface area contributed by atoms with Gasteiger partial charge in [-0.15, -0.1) is 5.10 Å². The molecule has 3 aromatic heterocycles. The van der Waals surface area contributed by atoms with Gasteiger partial charge in [0.05, 0.1) is 23.9 Å². The van der Waals surface area contributed by atoms with Gasteiger partial charge in [-0.05, 0) is 44.4 Å². The molecule has 0 aliphatic carbocycles. The number of nitrogens with one attached hydrogen (secondary N) is 1. The van der Waals surface area contributed by atoms with Crippen LogP contribution in [0.2, 0.25) is 0 Å². The van der Waals surface area contributed by atoms with Crippen molar-refractivity contribution in [2.75, 3.05) is 13.1 Å². The molecule has 1 atom stereocenters. The van der Waals surface area contributed by atoms with Crippen LogP contribution in [0.1, 0.15) is 24.2 Å². The normalized spacial score (nSPS) is 18.5. The van der Waals surface area contributed by atoms with E-state index in [-0.39, 0.29) is 0 Å². The third-order valence-electron chi connectivity index (χ3n) is 4.82. The SMILES string of the molecule is Cc1[nH]cnc1CN1CCCC(Cn2cc(-c3ccccn3)nn2)C1. The van der Waals surface area contributed by atoms with Crippen LogP contribution in [0.5, 0.6) is 0 Å². The summed E-state index contributed by atoms with van der Waals surface area (Å²) < 4.78 is 1.96. The second-order valence-corrected chi connectivity index (χ2v) is 6.76. The highest BCUT2D eigenvalue weighted by molar-refractivity contribution is 5.51. The average Bonchev–Trinajstić information content (AvgIpc) is 3.26. The minimum atomic E-state index is 0.589. The maximum absolute atomic E-state index is 4.42. The summed E-state index contributed by atoms with van der Waals surface area (Å²) in [7, 11) is 0. The van der Waals surface area contributed by atoms with E-state index in [1.807, 2.05) is 29.1 Å². The van der Waals surface area contributed by atoms with Crippen LogP contribution in [0.25, 0.3) is 11.4 Å². The van der Waals surface area contributed by atoms with Crippen LogP contribution in [0.4, 0.5) is 0 Å². The molecule has 0 saturated carbocycles. The Balaban J connectivity index is 1.38. The van der Waals surface area contributed by atoms with Crippen LogP contribution in [0.15, 0.2) is 36.9 Å². The Morgan fingerprint density at radius 1 is 1.24 bits per heavy atom. The number of piperidine rings is 1. The highest BCUT2D eigenvalue weighted by Gasteiger charge is 2.22. The molecule has 0 bridgehead atoms. The largest absolute Gasteiger partial charge is 0.348 e. The zero-order valence-electron chi connectivity index (χ0n) is 14.5. The molecule has 1 aliphatic rings. The van der Waals surface area contributed by atoms with Gasteiger partial charge in [0.15, 0.2) is 0 Å². The number of rotatable bonds is 5. The van der Waals surface area contributed by atoms with Gasteiger partial charge in [0.1, 0.15) is 5.69 Å². The summed E-state index contributed by atoms with van der Waals surface area (Å²) in [6.07, 6.45) is 8.01. The summed E-state index contributed by atoms with van der Waals surface area (Å²) in [5, 5.41) is 8.56. The van der Waals surface area contributed by atoms with E-state index >= 15 is 0 Å².